The monoisotopic (exact) mass is 473 g/mol. The lowest BCUT2D eigenvalue weighted by Gasteiger charge is -2.28. The van der Waals surface area contributed by atoms with Crippen molar-refractivity contribution in [2.75, 3.05) is 57.5 Å². The summed E-state index contributed by atoms with van der Waals surface area (Å²) in [4.78, 5) is 22.4. The molecule has 7 nitrogen and oxygen atoms in total. The Morgan fingerprint density at radius 1 is 1.09 bits per heavy atom. The summed E-state index contributed by atoms with van der Waals surface area (Å²) < 4.78 is 17.7. The quantitative estimate of drug-likeness (QED) is 0.537. The van der Waals surface area contributed by atoms with Crippen molar-refractivity contribution in [3.05, 3.63) is 47.0 Å². The summed E-state index contributed by atoms with van der Waals surface area (Å²) in [6.45, 7) is 5.82. The molecular weight excluding hydrogens is 450 g/mol. The van der Waals surface area contributed by atoms with E-state index in [1.54, 1.807) is 23.1 Å². The van der Waals surface area contributed by atoms with Gasteiger partial charge >= 0.3 is 0 Å². The Morgan fingerprint density at radius 3 is 2.72 bits per heavy atom. The molecule has 0 saturated carbocycles. The third-order valence-electron chi connectivity index (χ3n) is 5.58. The lowest BCUT2D eigenvalue weighted by atomic mass is 10.1. The molecule has 0 unspecified atom stereocenters. The molecule has 1 aromatic heterocycles. The second-order valence-electron chi connectivity index (χ2n) is 7.71. The Kier molecular flexibility index (Phi) is 6.45. The van der Waals surface area contributed by atoms with E-state index in [-0.39, 0.29) is 5.91 Å². The van der Waals surface area contributed by atoms with Crippen LogP contribution in [0.1, 0.15) is 16.8 Å². The van der Waals surface area contributed by atoms with Gasteiger partial charge in [-0.2, -0.15) is 0 Å². The van der Waals surface area contributed by atoms with Crippen molar-refractivity contribution < 1.29 is 19.0 Å². The molecule has 32 heavy (non-hydrogen) atoms. The van der Waals surface area contributed by atoms with E-state index >= 15 is 0 Å². The number of fused-ring (bicyclic) bond motifs is 2. The second kappa shape index (κ2) is 9.62. The molecule has 9 heteroatoms. The summed E-state index contributed by atoms with van der Waals surface area (Å²) in [5.41, 5.74) is 1.27. The number of benzene rings is 2. The number of para-hydroxylation sites is 1. The van der Waals surface area contributed by atoms with Crippen molar-refractivity contribution in [2.24, 2.45) is 0 Å². The Morgan fingerprint density at radius 2 is 1.91 bits per heavy atom. The molecule has 0 aliphatic carbocycles. The third kappa shape index (κ3) is 4.54. The van der Waals surface area contributed by atoms with Crippen LogP contribution in [0.3, 0.4) is 0 Å². The van der Waals surface area contributed by atoms with Gasteiger partial charge in [-0.3, -0.25) is 14.6 Å². The number of halogens is 1. The first-order chi connectivity index (χ1) is 15.7. The Bertz CT molecular complexity index is 1120. The van der Waals surface area contributed by atoms with Gasteiger partial charge in [-0.05, 0) is 36.8 Å². The van der Waals surface area contributed by atoms with Crippen molar-refractivity contribution in [2.45, 2.75) is 6.42 Å². The molecule has 2 aliphatic heterocycles. The van der Waals surface area contributed by atoms with Crippen LogP contribution in [0, 0.1) is 0 Å². The predicted octanol–water partition coefficient (Wildman–Crippen LogP) is 4.09. The number of aromatic nitrogens is 1. The van der Waals surface area contributed by atoms with Gasteiger partial charge in [0.15, 0.2) is 16.6 Å². The van der Waals surface area contributed by atoms with Crippen molar-refractivity contribution >= 4 is 44.2 Å². The number of amides is 1. The normalized spacial score (nSPS) is 16.3. The van der Waals surface area contributed by atoms with E-state index in [4.69, 9.17) is 30.8 Å². The van der Waals surface area contributed by atoms with Crippen LogP contribution in [0.4, 0.5) is 5.13 Å². The van der Waals surface area contributed by atoms with Crippen molar-refractivity contribution in [3.63, 3.8) is 0 Å². The van der Waals surface area contributed by atoms with Crippen LogP contribution in [0.25, 0.3) is 10.2 Å². The molecule has 3 heterocycles. The maximum Gasteiger partial charge on any atom is 0.260 e. The number of nitrogens with zero attached hydrogens (tertiary/aromatic N) is 3. The minimum atomic E-state index is -0.112. The van der Waals surface area contributed by atoms with Crippen molar-refractivity contribution in [1.29, 1.82) is 0 Å². The van der Waals surface area contributed by atoms with Crippen LogP contribution in [0.2, 0.25) is 5.02 Å². The predicted molar refractivity (Wildman–Crippen MR) is 126 cm³/mol. The van der Waals surface area contributed by atoms with Crippen molar-refractivity contribution in [1.82, 2.24) is 9.88 Å². The van der Waals surface area contributed by atoms with Crippen molar-refractivity contribution in [3.8, 4) is 11.5 Å². The first-order valence-corrected chi connectivity index (χ1v) is 12.0. The van der Waals surface area contributed by atoms with Crippen LogP contribution >= 0.6 is 22.9 Å². The van der Waals surface area contributed by atoms with Crippen LogP contribution < -0.4 is 14.4 Å². The van der Waals surface area contributed by atoms with Crippen LogP contribution in [0.5, 0.6) is 11.5 Å². The van der Waals surface area contributed by atoms with Crippen LogP contribution in [0.15, 0.2) is 36.4 Å². The molecule has 1 fully saturated rings. The van der Waals surface area contributed by atoms with Gasteiger partial charge in [0.25, 0.3) is 5.91 Å². The molecule has 1 amide bonds. The van der Waals surface area contributed by atoms with Gasteiger partial charge in [0, 0.05) is 31.7 Å². The fourth-order valence-corrected chi connectivity index (χ4v) is 5.20. The molecule has 0 N–H and O–H groups in total. The standard InChI is InChI=1S/C23H24ClN3O4S/c24-17-3-1-4-20-21(17)25-23(32-20)27(8-2-7-26-9-11-29-12-10-26)22(28)16-5-6-18-19(15-16)31-14-13-30-18/h1,3-6,15H,2,7-14H2. The number of ether oxygens (including phenoxy) is 3. The molecule has 0 bridgehead atoms. The number of anilines is 1. The van der Waals surface area contributed by atoms with E-state index in [9.17, 15) is 4.79 Å². The highest BCUT2D eigenvalue weighted by molar-refractivity contribution is 7.22. The molecule has 3 aromatic rings. The van der Waals surface area contributed by atoms with E-state index in [2.05, 4.69) is 4.90 Å². The van der Waals surface area contributed by atoms with Gasteiger partial charge in [0.2, 0.25) is 0 Å². The summed E-state index contributed by atoms with van der Waals surface area (Å²) in [6.07, 6.45) is 0.833. The number of carbonyl (C=O) groups is 1. The van der Waals surface area contributed by atoms with Gasteiger partial charge in [0.1, 0.15) is 18.7 Å². The van der Waals surface area contributed by atoms with Gasteiger partial charge in [-0.15, -0.1) is 0 Å². The molecule has 0 radical (unpaired) electrons. The second-order valence-corrected chi connectivity index (χ2v) is 9.12. The number of thiazole rings is 1. The molecule has 0 atom stereocenters. The third-order valence-corrected chi connectivity index (χ3v) is 6.93. The number of hydrogen-bond acceptors (Lipinski definition) is 7. The molecule has 168 valence electrons. The fourth-order valence-electron chi connectivity index (χ4n) is 3.91. The smallest absolute Gasteiger partial charge is 0.260 e. The topological polar surface area (TPSA) is 64.1 Å². The Labute approximate surface area is 195 Å². The highest BCUT2D eigenvalue weighted by Crippen LogP contribution is 2.35. The summed E-state index contributed by atoms with van der Waals surface area (Å²) in [5, 5.41) is 1.24. The van der Waals surface area contributed by atoms with E-state index < -0.39 is 0 Å². The van der Waals surface area contributed by atoms with Gasteiger partial charge in [-0.25, -0.2) is 4.98 Å². The zero-order chi connectivity index (χ0) is 21.9. The average molecular weight is 474 g/mol. The Balaban J connectivity index is 1.41. The first kappa shape index (κ1) is 21.5. The molecule has 0 spiro atoms. The number of carbonyl (C=O) groups excluding carboxylic acids is 1. The Hall–Kier alpha value is -2.39. The summed E-state index contributed by atoms with van der Waals surface area (Å²) in [6, 6.07) is 11.0. The van der Waals surface area contributed by atoms with E-state index in [1.807, 2.05) is 18.2 Å². The van der Waals surface area contributed by atoms with Crippen LogP contribution in [-0.2, 0) is 4.74 Å². The fraction of sp³-hybridized carbons (Fsp3) is 0.391. The molecular formula is C23H24ClN3O4S. The largest absolute Gasteiger partial charge is 0.486 e. The highest BCUT2D eigenvalue weighted by Gasteiger charge is 2.24. The molecule has 2 aliphatic rings. The molecule has 1 saturated heterocycles. The van der Waals surface area contributed by atoms with Crippen LogP contribution in [-0.4, -0.2) is 68.4 Å². The molecule has 5 rings (SSSR count). The minimum Gasteiger partial charge on any atom is -0.486 e. The van der Waals surface area contributed by atoms with Gasteiger partial charge in [-0.1, -0.05) is 29.0 Å². The maximum absolute atomic E-state index is 13.6. The minimum absolute atomic E-state index is 0.112. The zero-order valence-corrected chi connectivity index (χ0v) is 19.2. The van der Waals surface area contributed by atoms with Gasteiger partial charge in [0.05, 0.1) is 22.9 Å². The lowest BCUT2D eigenvalue weighted by molar-refractivity contribution is 0.0376. The van der Waals surface area contributed by atoms with E-state index in [0.29, 0.717) is 47.0 Å². The first-order valence-electron chi connectivity index (χ1n) is 10.8. The maximum atomic E-state index is 13.6. The zero-order valence-electron chi connectivity index (χ0n) is 17.6. The average Bonchev–Trinajstić information content (AvgIpc) is 3.27. The summed E-state index contributed by atoms with van der Waals surface area (Å²) in [5.74, 6) is 1.15. The summed E-state index contributed by atoms with van der Waals surface area (Å²) in [7, 11) is 0. The molecule has 2 aromatic carbocycles. The number of morpholine rings is 1. The summed E-state index contributed by atoms with van der Waals surface area (Å²) >= 11 is 7.83. The van der Waals surface area contributed by atoms with Gasteiger partial charge < -0.3 is 14.2 Å². The number of rotatable bonds is 6. The highest BCUT2D eigenvalue weighted by atomic mass is 35.5. The lowest BCUT2D eigenvalue weighted by Crippen LogP contribution is -2.39. The number of hydrogen-bond donors (Lipinski definition) is 0. The van der Waals surface area contributed by atoms with E-state index in [1.165, 1.54) is 11.3 Å². The SMILES string of the molecule is O=C(c1ccc2c(c1)OCCO2)N(CCCN1CCOCC1)c1nc2c(Cl)cccc2s1. The van der Waals surface area contributed by atoms with E-state index in [0.717, 1.165) is 49.5 Å².